The molecule has 0 bridgehead atoms. The SMILES string of the molecule is COc1cc(C)c(C(CCC(C)(C)C)NN)cc1C. The Morgan fingerprint density at radius 3 is 2.32 bits per heavy atom. The summed E-state index contributed by atoms with van der Waals surface area (Å²) in [6.45, 7) is 10.9. The predicted molar refractivity (Wildman–Crippen MR) is 81.2 cm³/mol. The van der Waals surface area contributed by atoms with Gasteiger partial charge in [-0.1, -0.05) is 26.8 Å². The molecule has 108 valence electrons. The maximum absolute atomic E-state index is 5.74. The Balaban J connectivity index is 2.95. The van der Waals surface area contributed by atoms with Gasteiger partial charge in [0.2, 0.25) is 0 Å². The van der Waals surface area contributed by atoms with Gasteiger partial charge >= 0.3 is 0 Å². The van der Waals surface area contributed by atoms with E-state index in [-0.39, 0.29) is 6.04 Å². The van der Waals surface area contributed by atoms with Crippen LogP contribution >= 0.6 is 0 Å². The van der Waals surface area contributed by atoms with Gasteiger partial charge in [-0.3, -0.25) is 11.3 Å². The van der Waals surface area contributed by atoms with E-state index in [1.165, 1.54) is 11.1 Å². The van der Waals surface area contributed by atoms with Gasteiger partial charge in [-0.2, -0.15) is 0 Å². The summed E-state index contributed by atoms with van der Waals surface area (Å²) in [6.07, 6.45) is 2.17. The van der Waals surface area contributed by atoms with Crippen molar-refractivity contribution >= 4 is 0 Å². The Morgan fingerprint density at radius 2 is 1.84 bits per heavy atom. The lowest BCUT2D eigenvalue weighted by Crippen LogP contribution is -2.29. The molecule has 0 amide bonds. The van der Waals surface area contributed by atoms with Gasteiger partial charge in [0.25, 0.3) is 0 Å². The molecule has 3 heteroatoms. The highest BCUT2D eigenvalue weighted by Gasteiger charge is 2.18. The van der Waals surface area contributed by atoms with E-state index in [1.54, 1.807) is 7.11 Å². The van der Waals surface area contributed by atoms with Gasteiger partial charge in [0, 0.05) is 6.04 Å². The van der Waals surface area contributed by atoms with Crippen LogP contribution in [-0.4, -0.2) is 7.11 Å². The van der Waals surface area contributed by atoms with E-state index in [2.05, 4.69) is 52.2 Å². The molecule has 0 heterocycles. The molecule has 3 N–H and O–H groups in total. The molecular formula is C16H28N2O. The zero-order chi connectivity index (χ0) is 14.6. The molecule has 1 aromatic rings. The second-order valence-corrected chi connectivity index (χ2v) is 6.50. The van der Waals surface area contributed by atoms with Crippen molar-refractivity contribution < 1.29 is 4.74 Å². The third-order valence-electron chi connectivity index (χ3n) is 3.54. The number of benzene rings is 1. The summed E-state index contributed by atoms with van der Waals surface area (Å²) in [5.41, 5.74) is 6.92. The Hall–Kier alpha value is -1.06. The first-order valence-electron chi connectivity index (χ1n) is 6.89. The predicted octanol–water partition coefficient (Wildman–Crippen LogP) is 3.64. The molecule has 0 fully saturated rings. The maximum Gasteiger partial charge on any atom is 0.122 e. The minimum atomic E-state index is 0.198. The van der Waals surface area contributed by atoms with Crippen molar-refractivity contribution in [2.75, 3.05) is 7.11 Å². The lowest BCUT2D eigenvalue weighted by atomic mass is 9.86. The number of aryl methyl sites for hydroxylation is 2. The molecule has 0 aliphatic rings. The zero-order valence-electron chi connectivity index (χ0n) is 13.1. The van der Waals surface area contributed by atoms with E-state index in [9.17, 15) is 0 Å². The molecule has 1 atom stereocenters. The van der Waals surface area contributed by atoms with Gasteiger partial charge in [0.05, 0.1) is 7.11 Å². The van der Waals surface area contributed by atoms with Crippen LogP contribution in [0.1, 0.15) is 56.3 Å². The average Bonchev–Trinajstić information content (AvgIpc) is 2.32. The lowest BCUT2D eigenvalue weighted by molar-refractivity contribution is 0.333. The average molecular weight is 264 g/mol. The number of nitrogens with one attached hydrogen (secondary N) is 1. The molecule has 0 aliphatic carbocycles. The molecule has 0 aliphatic heterocycles. The minimum Gasteiger partial charge on any atom is -0.496 e. The van der Waals surface area contributed by atoms with Crippen molar-refractivity contribution in [1.82, 2.24) is 5.43 Å². The first-order valence-corrected chi connectivity index (χ1v) is 6.89. The Morgan fingerprint density at radius 1 is 1.21 bits per heavy atom. The molecule has 1 unspecified atom stereocenters. The number of hydrogen-bond donors (Lipinski definition) is 2. The largest absolute Gasteiger partial charge is 0.496 e. The van der Waals surface area contributed by atoms with Crippen LogP contribution in [0.5, 0.6) is 5.75 Å². The van der Waals surface area contributed by atoms with Gasteiger partial charge in [0.15, 0.2) is 0 Å². The Kier molecular flexibility index (Phi) is 5.39. The fourth-order valence-electron chi connectivity index (χ4n) is 2.31. The van der Waals surface area contributed by atoms with Crippen LogP contribution < -0.4 is 16.0 Å². The molecule has 1 rings (SSSR count). The Labute approximate surface area is 117 Å². The first-order chi connectivity index (χ1) is 8.78. The van der Waals surface area contributed by atoms with Crippen LogP contribution in [0.2, 0.25) is 0 Å². The third-order valence-corrected chi connectivity index (χ3v) is 3.54. The van der Waals surface area contributed by atoms with E-state index < -0.39 is 0 Å². The van der Waals surface area contributed by atoms with Crippen LogP contribution in [0.3, 0.4) is 0 Å². The van der Waals surface area contributed by atoms with E-state index >= 15 is 0 Å². The van der Waals surface area contributed by atoms with Gasteiger partial charge in [-0.05, 0) is 54.9 Å². The highest BCUT2D eigenvalue weighted by atomic mass is 16.5. The molecule has 3 nitrogen and oxygen atoms in total. The number of hydrogen-bond acceptors (Lipinski definition) is 3. The summed E-state index contributed by atoms with van der Waals surface area (Å²) in [7, 11) is 1.71. The standard InChI is InChI=1S/C16H28N2O/c1-11-10-15(19-6)12(2)9-13(11)14(18-17)7-8-16(3,4)5/h9-10,14,18H,7-8,17H2,1-6H3. The zero-order valence-corrected chi connectivity index (χ0v) is 13.1. The van der Waals surface area contributed by atoms with Crippen molar-refractivity contribution in [3.05, 3.63) is 28.8 Å². The van der Waals surface area contributed by atoms with Crippen LogP contribution in [0.4, 0.5) is 0 Å². The number of ether oxygens (including phenoxy) is 1. The highest BCUT2D eigenvalue weighted by Crippen LogP contribution is 2.31. The van der Waals surface area contributed by atoms with E-state index in [0.29, 0.717) is 5.41 Å². The molecule has 0 spiro atoms. The summed E-state index contributed by atoms with van der Waals surface area (Å²) in [5.74, 6) is 6.68. The summed E-state index contributed by atoms with van der Waals surface area (Å²) >= 11 is 0. The van der Waals surface area contributed by atoms with Crippen LogP contribution in [-0.2, 0) is 0 Å². The first kappa shape index (κ1) is 16.0. The Bertz CT molecular complexity index is 421. The van der Waals surface area contributed by atoms with Crippen molar-refractivity contribution in [2.24, 2.45) is 11.3 Å². The molecule has 0 saturated heterocycles. The van der Waals surface area contributed by atoms with Crippen molar-refractivity contribution in [3.63, 3.8) is 0 Å². The highest BCUT2D eigenvalue weighted by molar-refractivity contribution is 5.42. The number of methoxy groups -OCH3 is 1. The van der Waals surface area contributed by atoms with Crippen molar-refractivity contribution in [3.8, 4) is 5.75 Å². The summed E-state index contributed by atoms with van der Waals surface area (Å²) in [6, 6.07) is 4.47. The minimum absolute atomic E-state index is 0.198. The molecule has 19 heavy (non-hydrogen) atoms. The van der Waals surface area contributed by atoms with Gasteiger partial charge in [-0.25, -0.2) is 0 Å². The van der Waals surface area contributed by atoms with Gasteiger partial charge < -0.3 is 4.74 Å². The summed E-state index contributed by atoms with van der Waals surface area (Å²) in [5, 5.41) is 0. The number of rotatable bonds is 5. The van der Waals surface area contributed by atoms with Crippen molar-refractivity contribution in [1.29, 1.82) is 0 Å². The summed E-state index contributed by atoms with van der Waals surface area (Å²) in [4.78, 5) is 0. The van der Waals surface area contributed by atoms with Gasteiger partial charge in [-0.15, -0.1) is 0 Å². The van der Waals surface area contributed by atoms with E-state index in [1.807, 2.05) is 0 Å². The molecule has 0 saturated carbocycles. The van der Waals surface area contributed by atoms with Crippen LogP contribution in [0.15, 0.2) is 12.1 Å². The number of nitrogens with two attached hydrogens (primary N) is 1. The maximum atomic E-state index is 5.74. The second-order valence-electron chi connectivity index (χ2n) is 6.50. The monoisotopic (exact) mass is 264 g/mol. The fraction of sp³-hybridized carbons (Fsp3) is 0.625. The number of hydrazine groups is 1. The smallest absolute Gasteiger partial charge is 0.122 e. The van der Waals surface area contributed by atoms with Crippen molar-refractivity contribution in [2.45, 2.75) is 53.5 Å². The molecule has 1 aromatic carbocycles. The molecule has 0 aromatic heterocycles. The summed E-state index contributed by atoms with van der Waals surface area (Å²) < 4.78 is 5.36. The second kappa shape index (κ2) is 6.40. The van der Waals surface area contributed by atoms with Gasteiger partial charge in [0.1, 0.15) is 5.75 Å². The molecular weight excluding hydrogens is 236 g/mol. The van der Waals surface area contributed by atoms with E-state index in [0.717, 1.165) is 24.2 Å². The lowest BCUT2D eigenvalue weighted by Gasteiger charge is -2.24. The quantitative estimate of drug-likeness (QED) is 0.630. The molecule has 0 radical (unpaired) electrons. The topological polar surface area (TPSA) is 47.3 Å². The third kappa shape index (κ3) is 4.51. The van der Waals surface area contributed by atoms with E-state index in [4.69, 9.17) is 10.6 Å². The normalized spacial score (nSPS) is 13.4. The van der Waals surface area contributed by atoms with Crippen LogP contribution in [0.25, 0.3) is 0 Å². The van der Waals surface area contributed by atoms with Crippen LogP contribution in [0, 0.1) is 19.3 Å². The fourth-order valence-corrected chi connectivity index (χ4v) is 2.31.